The molecule has 0 bridgehead atoms. The molecule has 160 valence electrons. The Hall–Kier alpha value is -3.00. The average molecular weight is 415 g/mol. The number of esters is 2. The molecule has 0 aliphatic carbocycles. The third kappa shape index (κ3) is 3.02. The van der Waals surface area contributed by atoms with Gasteiger partial charge in [-0.15, -0.1) is 0 Å². The van der Waals surface area contributed by atoms with E-state index in [1.165, 1.54) is 20.5 Å². The first kappa shape index (κ1) is 20.3. The number of carbonyl (C=O) groups is 2. The number of hydrogen-bond donors (Lipinski definition) is 0. The van der Waals surface area contributed by atoms with E-state index in [1.807, 2.05) is 17.0 Å². The van der Waals surface area contributed by atoms with Crippen LogP contribution in [-0.2, 0) is 25.5 Å². The van der Waals surface area contributed by atoms with Crippen molar-refractivity contribution in [3.63, 3.8) is 0 Å². The van der Waals surface area contributed by atoms with Crippen LogP contribution in [-0.4, -0.2) is 57.9 Å². The maximum atomic E-state index is 13.0. The lowest BCUT2D eigenvalue weighted by Crippen LogP contribution is -2.43. The molecule has 1 aromatic carbocycles. The predicted molar refractivity (Wildman–Crippen MR) is 105 cm³/mol. The summed E-state index contributed by atoms with van der Waals surface area (Å²) in [6.45, 7) is 0.581. The van der Waals surface area contributed by atoms with Crippen molar-refractivity contribution in [1.82, 2.24) is 4.90 Å². The molecule has 1 saturated heterocycles. The molecule has 1 aromatic heterocycles. The van der Waals surface area contributed by atoms with Crippen molar-refractivity contribution in [2.24, 2.45) is 5.92 Å². The zero-order chi connectivity index (χ0) is 21.4. The summed E-state index contributed by atoms with van der Waals surface area (Å²) in [5.74, 6) is -0.247. The second kappa shape index (κ2) is 8.02. The van der Waals surface area contributed by atoms with Crippen LogP contribution >= 0.6 is 0 Å². The van der Waals surface area contributed by atoms with Crippen LogP contribution in [0.3, 0.4) is 0 Å². The Bertz CT molecular complexity index is 939. The molecule has 0 saturated carbocycles. The normalized spacial score (nSPS) is 25.2. The molecule has 0 spiro atoms. The fraction of sp³-hybridized carbons (Fsp3) is 0.455. The average Bonchev–Trinajstić information content (AvgIpc) is 3.42. The lowest BCUT2D eigenvalue weighted by molar-refractivity contribution is -0.147. The number of benzene rings is 1. The number of hydrogen-bond acceptors (Lipinski definition) is 8. The van der Waals surface area contributed by atoms with Crippen LogP contribution in [0.5, 0.6) is 11.5 Å². The van der Waals surface area contributed by atoms with Gasteiger partial charge in [0.05, 0.1) is 52.6 Å². The van der Waals surface area contributed by atoms with Gasteiger partial charge >= 0.3 is 11.9 Å². The molecule has 8 nitrogen and oxygen atoms in total. The van der Waals surface area contributed by atoms with E-state index in [-0.39, 0.29) is 6.04 Å². The van der Waals surface area contributed by atoms with Crippen molar-refractivity contribution in [1.29, 1.82) is 0 Å². The number of ether oxygens (including phenoxy) is 4. The number of fused-ring (bicyclic) bond motifs is 3. The Balaban J connectivity index is 1.91. The third-order valence-corrected chi connectivity index (χ3v) is 6.17. The van der Waals surface area contributed by atoms with Crippen LogP contribution in [0.2, 0.25) is 0 Å². The zero-order valence-corrected chi connectivity index (χ0v) is 17.4. The minimum atomic E-state index is -0.670. The van der Waals surface area contributed by atoms with Gasteiger partial charge in [0, 0.05) is 6.54 Å². The number of nitrogens with zero attached hydrogens (tertiary/aromatic N) is 1. The van der Waals surface area contributed by atoms with Crippen molar-refractivity contribution >= 4 is 11.9 Å². The Morgan fingerprint density at radius 3 is 2.33 bits per heavy atom. The van der Waals surface area contributed by atoms with E-state index in [4.69, 9.17) is 23.4 Å². The predicted octanol–water partition coefficient (Wildman–Crippen LogP) is 2.32. The van der Waals surface area contributed by atoms with Gasteiger partial charge in [0.1, 0.15) is 11.8 Å². The standard InChI is InChI=1S/C22H25NO7/c1-26-15-10-12-7-8-23-19(13(12)11-16(15)27-2)18(21(24)28-3)17(14-6-5-9-30-14)20(23)22(25)29-4/h5-6,9-11,17-20H,7-8H2,1-4H3/t17-,18-,19-,20+/m1/s1. The first-order valence-electron chi connectivity index (χ1n) is 9.75. The molecule has 0 unspecified atom stereocenters. The number of furan rings is 1. The molecule has 30 heavy (non-hydrogen) atoms. The smallest absolute Gasteiger partial charge is 0.323 e. The minimum Gasteiger partial charge on any atom is -0.493 e. The van der Waals surface area contributed by atoms with Crippen LogP contribution < -0.4 is 9.47 Å². The lowest BCUT2D eigenvalue weighted by atomic mass is 9.81. The molecule has 0 amide bonds. The molecule has 4 atom stereocenters. The van der Waals surface area contributed by atoms with Crippen molar-refractivity contribution in [3.8, 4) is 11.5 Å². The summed E-state index contributed by atoms with van der Waals surface area (Å²) in [4.78, 5) is 27.9. The SMILES string of the molecule is COC(=O)[C@@H]1[C@@H](c2ccco2)[C@@H](C(=O)OC)N2CCc3cc(OC)c(OC)cc3[C@H]12. The molecule has 0 N–H and O–H groups in total. The van der Waals surface area contributed by atoms with Crippen LogP contribution in [0.1, 0.15) is 28.8 Å². The van der Waals surface area contributed by atoms with E-state index >= 15 is 0 Å². The summed E-state index contributed by atoms with van der Waals surface area (Å²) >= 11 is 0. The highest BCUT2D eigenvalue weighted by Crippen LogP contribution is 2.54. The van der Waals surface area contributed by atoms with Crippen molar-refractivity contribution in [2.75, 3.05) is 35.0 Å². The molecule has 4 rings (SSSR count). The highest BCUT2D eigenvalue weighted by Gasteiger charge is 2.59. The maximum absolute atomic E-state index is 13.0. The lowest BCUT2D eigenvalue weighted by Gasteiger charge is -2.36. The van der Waals surface area contributed by atoms with Crippen molar-refractivity contribution in [2.45, 2.75) is 24.4 Å². The van der Waals surface area contributed by atoms with Crippen molar-refractivity contribution in [3.05, 3.63) is 47.4 Å². The first-order chi connectivity index (χ1) is 14.5. The molecule has 1 fully saturated rings. The van der Waals surface area contributed by atoms with E-state index in [9.17, 15) is 9.59 Å². The fourth-order valence-corrected chi connectivity index (χ4v) is 4.93. The maximum Gasteiger partial charge on any atom is 0.323 e. The Morgan fingerprint density at radius 1 is 1.03 bits per heavy atom. The molecule has 8 heteroatoms. The summed E-state index contributed by atoms with van der Waals surface area (Å²) in [6, 6.07) is 6.30. The van der Waals surface area contributed by atoms with Crippen LogP contribution in [0, 0.1) is 5.92 Å². The first-order valence-corrected chi connectivity index (χ1v) is 9.75. The van der Waals surface area contributed by atoms with Crippen LogP contribution in [0.25, 0.3) is 0 Å². The fourth-order valence-electron chi connectivity index (χ4n) is 4.93. The van der Waals surface area contributed by atoms with Gasteiger partial charge in [0.2, 0.25) is 0 Å². The van der Waals surface area contributed by atoms with Gasteiger partial charge < -0.3 is 23.4 Å². The number of methoxy groups -OCH3 is 4. The van der Waals surface area contributed by atoms with E-state index in [0.29, 0.717) is 30.2 Å². The Morgan fingerprint density at radius 2 is 1.73 bits per heavy atom. The quantitative estimate of drug-likeness (QED) is 0.688. The van der Waals surface area contributed by atoms with Crippen molar-refractivity contribution < 1.29 is 33.0 Å². The molecule has 0 radical (unpaired) electrons. The van der Waals surface area contributed by atoms with E-state index in [2.05, 4.69) is 0 Å². The summed E-state index contributed by atoms with van der Waals surface area (Å²) in [5, 5.41) is 0. The minimum absolute atomic E-state index is 0.389. The topological polar surface area (TPSA) is 87.4 Å². The van der Waals surface area contributed by atoms with E-state index < -0.39 is 29.8 Å². The number of carbonyl (C=O) groups excluding carboxylic acids is 2. The second-order valence-electron chi connectivity index (χ2n) is 7.40. The molecule has 2 aliphatic rings. The zero-order valence-electron chi connectivity index (χ0n) is 17.4. The highest BCUT2D eigenvalue weighted by atomic mass is 16.5. The molecular formula is C22H25NO7. The van der Waals surface area contributed by atoms with Gasteiger partial charge in [-0.1, -0.05) is 0 Å². The van der Waals surface area contributed by atoms with Gasteiger partial charge in [-0.05, 0) is 41.8 Å². The van der Waals surface area contributed by atoms with Gasteiger partial charge in [0.25, 0.3) is 0 Å². The molecule has 2 aliphatic heterocycles. The van der Waals surface area contributed by atoms with E-state index in [0.717, 1.165) is 11.1 Å². The third-order valence-electron chi connectivity index (χ3n) is 6.17. The van der Waals surface area contributed by atoms with Crippen LogP contribution in [0.15, 0.2) is 34.9 Å². The summed E-state index contributed by atoms with van der Waals surface area (Å²) in [6.07, 6.45) is 2.23. The summed E-state index contributed by atoms with van der Waals surface area (Å²) in [5.41, 5.74) is 1.96. The van der Waals surface area contributed by atoms with Crippen LogP contribution in [0.4, 0.5) is 0 Å². The van der Waals surface area contributed by atoms with Gasteiger partial charge in [-0.3, -0.25) is 14.5 Å². The largest absolute Gasteiger partial charge is 0.493 e. The van der Waals surface area contributed by atoms with Gasteiger partial charge in [0.15, 0.2) is 11.5 Å². The highest BCUT2D eigenvalue weighted by molar-refractivity contribution is 5.83. The monoisotopic (exact) mass is 415 g/mol. The summed E-state index contributed by atoms with van der Waals surface area (Å²) in [7, 11) is 5.87. The number of rotatable bonds is 5. The summed E-state index contributed by atoms with van der Waals surface area (Å²) < 4.78 is 26.9. The Kier molecular flexibility index (Phi) is 5.42. The second-order valence-corrected chi connectivity index (χ2v) is 7.40. The molecule has 3 heterocycles. The Labute approximate surface area is 174 Å². The van der Waals surface area contributed by atoms with Gasteiger partial charge in [-0.2, -0.15) is 0 Å². The van der Waals surface area contributed by atoms with Gasteiger partial charge in [-0.25, -0.2) is 0 Å². The molecule has 2 aromatic rings. The molecular weight excluding hydrogens is 390 g/mol. The van der Waals surface area contributed by atoms with E-state index in [1.54, 1.807) is 26.4 Å².